The minimum absolute atomic E-state index is 0.350. The molecular formula is C8H19NO2. The summed E-state index contributed by atoms with van der Waals surface area (Å²) < 4.78 is 4.81. The summed E-state index contributed by atoms with van der Waals surface area (Å²) in [4.78, 5) is 2.10. The van der Waals surface area contributed by atoms with Crippen LogP contribution < -0.4 is 0 Å². The third-order valence-electron chi connectivity index (χ3n) is 1.49. The number of hydrogen-bond acceptors (Lipinski definition) is 3. The summed E-state index contributed by atoms with van der Waals surface area (Å²) in [7, 11) is 3.60. The van der Waals surface area contributed by atoms with Gasteiger partial charge in [-0.1, -0.05) is 6.92 Å². The molecule has 3 heteroatoms. The molecule has 1 unspecified atom stereocenters. The highest BCUT2D eigenvalue weighted by atomic mass is 16.5. The molecule has 0 amide bonds. The van der Waals surface area contributed by atoms with Crippen molar-refractivity contribution in [1.29, 1.82) is 0 Å². The molecule has 68 valence electrons. The molecule has 3 nitrogen and oxygen atoms in total. The molecule has 0 spiro atoms. The van der Waals surface area contributed by atoms with Crippen LogP contribution in [0.1, 0.15) is 13.3 Å². The molecule has 0 aliphatic rings. The third kappa shape index (κ3) is 6.28. The van der Waals surface area contributed by atoms with Crippen LogP contribution >= 0.6 is 0 Å². The van der Waals surface area contributed by atoms with Crippen molar-refractivity contribution >= 4 is 0 Å². The Bertz CT molecular complexity index is 78.2. The highest BCUT2D eigenvalue weighted by Gasteiger charge is 2.05. The van der Waals surface area contributed by atoms with Gasteiger partial charge >= 0.3 is 0 Å². The number of aliphatic hydroxyl groups excluding tert-OH is 1. The van der Waals surface area contributed by atoms with Gasteiger partial charge in [-0.15, -0.1) is 0 Å². The maximum absolute atomic E-state index is 9.28. The van der Waals surface area contributed by atoms with E-state index in [1.807, 2.05) is 7.05 Å². The summed E-state index contributed by atoms with van der Waals surface area (Å²) >= 11 is 0. The Morgan fingerprint density at radius 2 is 2.18 bits per heavy atom. The molecule has 0 heterocycles. The van der Waals surface area contributed by atoms with Gasteiger partial charge in [0.15, 0.2) is 0 Å². The van der Waals surface area contributed by atoms with E-state index < -0.39 is 0 Å². The van der Waals surface area contributed by atoms with Crippen LogP contribution in [0.15, 0.2) is 0 Å². The fourth-order valence-electron chi connectivity index (χ4n) is 1.08. The van der Waals surface area contributed by atoms with E-state index in [-0.39, 0.29) is 6.10 Å². The van der Waals surface area contributed by atoms with E-state index in [1.165, 1.54) is 0 Å². The Labute approximate surface area is 69.0 Å². The average Bonchev–Trinajstić information content (AvgIpc) is 1.87. The number of likely N-dealkylation sites (N-methyl/N-ethyl adjacent to an activating group) is 1. The van der Waals surface area contributed by atoms with Crippen molar-refractivity contribution in [2.24, 2.45) is 0 Å². The van der Waals surface area contributed by atoms with E-state index in [2.05, 4.69) is 11.8 Å². The molecule has 0 aliphatic heterocycles. The van der Waals surface area contributed by atoms with Crippen LogP contribution in [0.2, 0.25) is 0 Å². The van der Waals surface area contributed by atoms with Crippen molar-refractivity contribution < 1.29 is 9.84 Å². The van der Waals surface area contributed by atoms with Gasteiger partial charge in [0, 0.05) is 13.7 Å². The van der Waals surface area contributed by atoms with Gasteiger partial charge in [-0.2, -0.15) is 0 Å². The summed E-state index contributed by atoms with van der Waals surface area (Å²) in [5, 5.41) is 9.28. The van der Waals surface area contributed by atoms with E-state index in [0.29, 0.717) is 13.2 Å². The fraction of sp³-hybridized carbons (Fsp3) is 1.00. The van der Waals surface area contributed by atoms with Crippen LogP contribution in [0, 0.1) is 0 Å². The first kappa shape index (κ1) is 10.9. The van der Waals surface area contributed by atoms with Crippen LogP contribution in [-0.4, -0.2) is 50.0 Å². The molecule has 0 aromatic carbocycles. The zero-order valence-electron chi connectivity index (χ0n) is 7.71. The molecule has 0 aromatic rings. The Morgan fingerprint density at radius 3 is 2.64 bits per heavy atom. The monoisotopic (exact) mass is 161 g/mol. The van der Waals surface area contributed by atoms with Gasteiger partial charge < -0.3 is 14.7 Å². The summed E-state index contributed by atoms with van der Waals surface area (Å²) in [6.45, 7) is 4.27. The van der Waals surface area contributed by atoms with E-state index in [0.717, 1.165) is 13.0 Å². The largest absolute Gasteiger partial charge is 0.389 e. The van der Waals surface area contributed by atoms with E-state index >= 15 is 0 Å². The molecule has 1 N–H and O–H groups in total. The molecule has 0 saturated heterocycles. The zero-order valence-corrected chi connectivity index (χ0v) is 7.71. The predicted molar refractivity (Wildman–Crippen MR) is 45.7 cm³/mol. The number of aliphatic hydroxyl groups is 1. The van der Waals surface area contributed by atoms with Crippen molar-refractivity contribution in [3.05, 3.63) is 0 Å². The molecule has 0 saturated carbocycles. The van der Waals surface area contributed by atoms with E-state index in [4.69, 9.17) is 4.74 Å². The van der Waals surface area contributed by atoms with Crippen molar-refractivity contribution in [3.63, 3.8) is 0 Å². The molecule has 1 atom stereocenters. The number of hydrogen-bond donors (Lipinski definition) is 1. The van der Waals surface area contributed by atoms with Gasteiger partial charge in [-0.05, 0) is 20.0 Å². The van der Waals surface area contributed by atoms with Crippen LogP contribution in [0.4, 0.5) is 0 Å². The Hall–Kier alpha value is -0.120. The van der Waals surface area contributed by atoms with Crippen molar-refractivity contribution in [3.8, 4) is 0 Å². The first-order chi connectivity index (χ1) is 5.20. The second-order valence-electron chi connectivity index (χ2n) is 2.87. The molecule has 11 heavy (non-hydrogen) atoms. The first-order valence-electron chi connectivity index (χ1n) is 4.06. The van der Waals surface area contributed by atoms with Gasteiger partial charge in [0.2, 0.25) is 0 Å². The Kier molecular flexibility index (Phi) is 6.51. The first-order valence-corrected chi connectivity index (χ1v) is 4.06. The van der Waals surface area contributed by atoms with Gasteiger partial charge in [-0.3, -0.25) is 0 Å². The molecule has 0 radical (unpaired) electrons. The lowest BCUT2D eigenvalue weighted by molar-refractivity contribution is 0.0433. The van der Waals surface area contributed by atoms with Crippen molar-refractivity contribution in [2.75, 3.05) is 33.9 Å². The maximum atomic E-state index is 9.28. The van der Waals surface area contributed by atoms with Gasteiger partial charge in [0.25, 0.3) is 0 Å². The zero-order chi connectivity index (χ0) is 8.69. The lowest BCUT2D eigenvalue weighted by atomic mass is 10.3. The summed E-state index contributed by atoms with van der Waals surface area (Å²) in [6.07, 6.45) is 0.771. The molecular weight excluding hydrogens is 142 g/mol. The predicted octanol–water partition coefficient (Wildman–Crippen LogP) is 0.336. The van der Waals surface area contributed by atoms with Crippen LogP contribution in [0.5, 0.6) is 0 Å². The Morgan fingerprint density at radius 1 is 1.55 bits per heavy atom. The molecule has 0 aliphatic carbocycles. The average molecular weight is 161 g/mol. The van der Waals surface area contributed by atoms with Gasteiger partial charge in [-0.25, -0.2) is 0 Å². The van der Waals surface area contributed by atoms with Crippen LogP contribution in [0.25, 0.3) is 0 Å². The highest BCUT2D eigenvalue weighted by molar-refractivity contribution is 4.59. The molecule has 0 bridgehead atoms. The van der Waals surface area contributed by atoms with Crippen LogP contribution in [0.3, 0.4) is 0 Å². The van der Waals surface area contributed by atoms with E-state index in [9.17, 15) is 5.11 Å². The lowest BCUT2D eigenvalue weighted by Gasteiger charge is -2.18. The topological polar surface area (TPSA) is 32.7 Å². The number of rotatable bonds is 6. The fourth-order valence-corrected chi connectivity index (χ4v) is 1.08. The number of nitrogens with zero attached hydrogens (tertiary/aromatic N) is 1. The standard InChI is InChI=1S/C8H19NO2/c1-4-5-9(2)6-8(10)7-11-3/h8,10H,4-7H2,1-3H3. The second kappa shape index (κ2) is 6.58. The normalized spacial score (nSPS) is 13.9. The van der Waals surface area contributed by atoms with Crippen molar-refractivity contribution in [1.82, 2.24) is 4.90 Å². The highest BCUT2D eigenvalue weighted by Crippen LogP contribution is 1.91. The quantitative estimate of drug-likeness (QED) is 0.609. The Balaban J connectivity index is 3.32. The summed E-state index contributed by atoms with van der Waals surface area (Å²) in [6, 6.07) is 0. The summed E-state index contributed by atoms with van der Waals surface area (Å²) in [5.74, 6) is 0. The van der Waals surface area contributed by atoms with E-state index in [1.54, 1.807) is 7.11 Å². The molecule has 0 fully saturated rings. The van der Waals surface area contributed by atoms with Gasteiger partial charge in [0.1, 0.15) is 0 Å². The molecule has 0 rings (SSSR count). The van der Waals surface area contributed by atoms with Crippen molar-refractivity contribution in [2.45, 2.75) is 19.4 Å². The smallest absolute Gasteiger partial charge is 0.0899 e. The lowest BCUT2D eigenvalue weighted by Crippen LogP contribution is -2.32. The minimum atomic E-state index is -0.350. The SMILES string of the molecule is CCCN(C)CC(O)COC. The third-order valence-corrected chi connectivity index (χ3v) is 1.49. The maximum Gasteiger partial charge on any atom is 0.0899 e. The minimum Gasteiger partial charge on any atom is -0.389 e. The summed E-state index contributed by atoms with van der Waals surface area (Å²) in [5.41, 5.74) is 0. The second-order valence-corrected chi connectivity index (χ2v) is 2.87. The number of methoxy groups -OCH3 is 1. The number of ether oxygens (including phenoxy) is 1. The van der Waals surface area contributed by atoms with Crippen LogP contribution in [-0.2, 0) is 4.74 Å². The van der Waals surface area contributed by atoms with Gasteiger partial charge in [0.05, 0.1) is 12.7 Å². The molecule has 0 aromatic heterocycles.